The summed E-state index contributed by atoms with van der Waals surface area (Å²) in [5.74, 6) is -9.04. The number of aromatic hydroxyl groups is 1. The van der Waals surface area contributed by atoms with E-state index in [1.54, 1.807) is 39.8 Å². The molecule has 3 bridgehead atoms. The number of carbonyl (C=O) groups excluding carboxylic acids is 4. The molecule has 2 aliphatic heterocycles. The molecular formula is C39H52N2O13. The van der Waals surface area contributed by atoms with Gasteiger partial charge in [-0.3, -0.25) is 29.5 Å². The van der Waals surface area contributed by atoms with Crippen molar-refractivity contribution in [3.8, 4) is 11.5 Å². The lowest BCUT2D eigenvalue weighted by molar-refractivity contribution is -0.160. The molecule has 9 atom stereocenters. The number of Topliss-reactive ketones (excluding diaryl/α,β-unsaturated/α-hetero) is 1. The molecule has 6 N–H and O–H groups in total. The Morgan fingerprint density at radius 3 is 2.26 bits per heavy atom. The van der Waals surface area contributed by atoms with E-state index in [0.29, 0.717) is 0 Å². The molecule has 2 aliphatic rings. The Labute approximate surface area is 314 Å². The minimum absolute atomic E-state index is 0.0103. The van der Waals surface area contributed by atoms with E-state index in [0.717, 1.165) is 24.7 Å². The van der Waals surface area contributed by atoms with E-state index in [4.69, 9.17) is 23.8 Å². The summed E-state index contributed by atoms with van der Waals surface area (Å²) in [6.07, 6.45) is 6.41. The highest BCUT2D eigenvalue weighted by Gasteiger charge is 2.50. The number of ketones is 2. The summed E-state index contributed by atoms with van der Waals surface area (Å²) in [7, 11) is 2.72. The number of aliphatic hydroxyl groups excluding tert-OH is 3. The number of benzene rings is 1. The Morgan fingerprint density at radius 1 is 0.981 bits per heavy atom. The molecule has 1 amide bonds. The number of amides is 1. The molecule has 0 aromatic heterocycles. The summed E-state index contributed by atoms with van der Waals surface area (Å²) in [6.45, 7) is 12.3. The zero-order valence-electron chi connectivity index (χ0n) is 32.2. The quantitative estimate of drug-likeness (QED) is 0.104. The monoisotopic (exact) mass is 756 g/mol. The summed E-state index contributed by atoms with van der Waals surface area (Å²) >= 11 is 0. The van der Waals surface area contributed by atoms with Crippen molar-refractivity contribution in [1.82, 2.24) is 10.8 Å². The maximum atomic E-state index is 14.2. The molecule has 54 heavy (non-hydrogen) atoms. The second kappa shape index (κ2) is 18.4. The van der Waals surface area contributed by atoms with Gasteiger partial charge < -0.3 is 44.7 Å². The van der Waals surface area contributed by atoms with Crippen LogP contribution >= 0.6 is 0 Å². The van der Waals surface area contributed by atoms with Crippen molar-refractivity contribution in [2.75, 3.05) is 14.2 Å². The molecule has 2 heterocycles. The molecule has 0 saturated heterocycles. The Bertz CT molecular complexity index is 1750. The number of aliphatic hydroxyl groups is 3. The molecular weight excluding hydrogens is 704 g/mol. The Balaban J connectivity index is 2.25. The number of nitrogens with one attached hydrogen (secondary N) is 2. The van der Waals surface area contributed by atoms with Crippen LogP contribution in [0.5, 0.6) is 11.5 Å². The van der Waals surface area contributed by atoms with E-state index in [-0.39, 0.29) is 22.4 Å². The van der Waals surface area contributed by atoms with Crippen LogP contribution in [0.2, 0.25) is 0 Å². The molecule has 15 nitrogen and oxygen atoms in total. The van der Waals surface area contributed by atoms with Crippen molar-refractivity contribution >= 4 is 29.2 Å². The number of fused-ring (bicyclic) bond motifs is 2. The van der Waals surface area contributed by atoms with Crippen LogP contribution in [0.15, 0.2) is 54.6 Å². The summed E-state index contributed by atoms with van der Waals surface area (Å²) in [5.41, 5.74) is 1.33. The van der Waals surface area contributed by atoms with E-state index in [1.807, 2.05) is 0 Å². The van der Waals surface area contributed by atoms with Gasteiger partial charge in [-0.25, -0.2) is 0 Å². The van der Waals surface area contributed by atoms with Crippen LogP contribution in [0.1, 0.15) is 80.3 Å². The minimum Gasteiger partial charge on any atom is -0.507 e. The van der Waals surface area contributed by atoms with Gasteiger partial charge in [-0.1, -0.05) is 45.9 Å². The number of hydrogen-bond donors (Lipinski definition) is 6. The average Bonchev–Trinajstić information content (AvgIpc) is 3.39. The lowest BCUT2D eigenvalue weighted by atomic mass is 9.78. The third-order valence-electron chi connectivity index (χ3n) is 9.82. The maximum absolute atomic E-state index is 14.2. The molecule has 1 aromatic rings. The topological polar surface area (TPSA) is 219 Å². The molecule has 0 saturated carbocycles. The highest BCUT2D eigenvalue weighted by molar-refractivity contribution is 6.20. The number of phenolic OH excluding ortho intramolecular Hbond substituents is 1. The minimum atomic E-state index is -2.09. The number of methoxy groups -OCH3 is 1. The zero-order chi connectivity index (χ0) is 40.7. The van der Waals surface area contributed by atoms with E-state index in [2.05, 4.69) is 10.8 Å². The van der Waals surface area contributed by atoms with Gasteiger partial charge in [-0.15, -0.1) is 0 Å². The Hall–Kier alpha value is -4.96. The number of esters is 1. The zero-order valence-corrected chi connectivity index (χ0v) is 32.2. The standard InChI is InChI=1S/C39H52N2O13/c1-19-12-11-13-20(2)38(49)40-18-27(44)30-29(26(43)14-16-41-51-10)31-36(24(6)34(30)47)54-39(8,37(31)48)52-17-15-28(50-9)21(3)35(53-25(7)42)23(5)33(46)22(4)32(19)45/h11-19,21-23,28,32-33,35,41,44-47H,1-10H3,(H,40,49)/b12-11+,16-14?,17-15+,20-13-,27-18?/t19-,21+,22+,23+,28-,32-,33+,35+,39-/m0/s1. The van der Waals surface area contributed by atoms with Crippen LogP contribution in [-0.4, -0.2) is 88.3 Å². The molecule has 0 fully saturated rings. The number of ether oxygens (including phenoxy) is 4. The van der Waals surface area contributed by atoms with E-state index < -0.39 is 100.0 Å². The maximum Gasteiger partial charge on any atom is 0.312 e. The number of allylic oxidation sites excluding steroid dienone is 3. The van der Waals surface area contributed by atoms with Crippen molar-refractivity contribution < 1.29 is 63.4 Å². The second-order valence-corrected chi connectivity index (χ2v) is 13.7. The molecule has 0 aliphatic carbocycles. The van der Waals surface area contributed by atoms with E-state index in [1.165, 1.54) is 54.1 Å². The summed E-state index contributed by atoms with van der Waals surface area (Å²) in [5, 5.41) is 47.6. The van der Waals surface area contributed by atoms with Crippen molar-refractivity contribution in [3.63, 3.8) is 0 Å². The van der Waals surface area contributed by atoms with Crippen molar-refractivity contribution in [2.24, 2.45) is 23.7 Å². The first-order valence-corrected chi connectivity index (χ1v) is 17.4. The van der Waals surface area contributed by atoms with Gasteiger partial charge in [0, 0.05) is 74.2 Å². The van der Waals surface area contributed by atoms with Gasteiger partial charge in [0.1, 0.15) is 23.4 Å². The molecule has 296 valence electrons. The third-order valence-corrected chi connectivity index (χ3v) is 9.82. The first-order valence-electron chi connectivity index (χ1n) is 17.4. The van der Waals surface area contributed by atoms with E-state index in [9.17, 15) is 39.6 Å². The number of phenols is 1. The molecule has 3 rings (SSSR count). The SMILES string of the molecule is CONC=CC(=O)c1c2c(O)c(C)c3c1C(=O)[C@@](C)(O/C=C/[C@H](OC)[C@@H](C)[C@@H](OC(C)=O)[C@H](C)[C@H](O)[C@H](C)[C@@H](O)[C@@H](C)/C=C/C=C(/C)C(=O)NC=C2O)O3. The number of carbonyl (C=O) groups is 4. The third kappa shape index (κ3) is 9.39. The molecule has 1 aromatic carbocycles. The summed E-state index contributed by atoms with van der Waals surface area (Å²) in [4.78, 5) is 57.8. The lowest BCUT2D eigenvalue weighted by Crippen LogP contribution is -2.46. The summed E-state index contributed by atoms with van der Waals surface area (Å²) < 4.78 is 23.3. The van der Waals surface area contributed by atoms with Gasteiger partial charge in [-0.2, -0.15) is 0 Å². The molecule has 15 heteroatoms. The molecule has 0 unspecified atom stereocenters. The molecule has 0 radical (unpaired) electrons. The van der Waals surface area contributed by atoms with Gasteiger partial charge in [0.15, 0.2) is 5.78 Å². The fraction of sp³-hybridized carbons (Fsp3) is 0.487. The smallest absolute Gasteiger partial charge is 0.312 e. The molecule has 0 spiro atoms. The predicted molar refractivity (Wildman–Crippen MR) is 197 cm³/mol. The first kappa shape index (κ1) is 43.4. The number of rotatable bonds is 6. The fourth-order valence-corrected chi connectivity index (χ4v) is 6.51. The van der Waals surface area contributed by atoms with Crippen LogP contribution in [0, 0.1) is 30.6 Å². The largest absolute Gasteiger partial charge is 0.507 e. The van der Waals surface area contributed by atoms with Crippen LogP contribution in [0.3, 0.4) is 0 Å². The van der Waals surface area contributed by atoms with Gasteiger partial charge in [0.2, 0.25) is 0 Å². The van der Waals surface area contributed by atoms with Crippen LogP contribution in [-0.2, 0) is 28.6 Å². The Morgan fingerprint density at radius 2 is 1.65 bits per heavy atom. The normalized spacial score (nSPS) is 31.9. The van der Waals surface area contributed by atoms with Gasteiger partial charge in [-0.05, 0) is 19.9 Å². The second-order valence-electron chi connectivity index (χ2n) is 13.7. The van der Waals surface area contributed by atoms with Gasteiger partial charge in [0.05, 0.1) is 48.4 Å². The number of hydrogen-bond acceptors (Lipinski definition) is 14. The van der Waals surface area contributed by atoms with Gasteiger partial charge in [0.25, 0.3) is 11.7 Å². The Kier molecular flexibility index (Phi) is 14.8. The van der Waals surface area contributed by atoms with Crippen molar-refractivity contribution in [2.45, 2.75) is 85.6 Å². The highest BCUT2D eigenvalue weighted by Crippen LogP contribution is 2.48. The lowest BCUT2D eigenvalue weighted by Gasteiger charge is -2.38. The van der Waals surface area contributed by atoms with Crippen LogP contribution in [0.25, 0.3) is 5.76 Å². The van der Waals surface area contributed by atoms with Crippen molar-refractivity contribution in [3.05, 3.63) is 76.9 Å². The average molecular weight is 757 g/mol. The van der Waals surface area contributed by atoms with E-state index >= 15 is 0 Å². The number of hydroxylamine groups is 1. The van der Waals surface area contributed by atoms with Crippen LogP contribution < -0.4 is 15.5 Å². The van der Waals surface area contributed by atoms with Crippen LogP contribution in [0.4, 0.5) is 0 Å². The van der Waals surface area contributed by atoms with Crippen molar-refractivity contribution in [1.29, 1.82) is 0 Å². The fourth-order valence-electron chi connectivity index (χ4n) is 6.51. The first-order chi connectivity index (χ1) is 25.3. The summed E-state index contributed by atoms with van der Waals surface area (Å²) in [6, 6.07) is 0. The highest BCUT2D eigenvalue weighted by atomic mass is 16.7. The van der Waals surface area contributed by atoms with Gasteiger partial charge >= 0.3 is 11.8 Å². The predicted octanol–water partition coefficient (Wildman–Crippen LogP) is 4.07.